The number of aromatic nitrogens is 4. The Labute approximate surface area is 181 Å². The molecule has 31 heavy (non-hydrogen) atoms. The number of unbranched alkanes of at least 4 members (excludes halogenated alkanes) is 1. The molecule has 0 radical (unpaired) electrons. The Morgan fingerprint density at radius 1 is 1.10 bits per heavy atom. The van der Waals surface area contributed by atoms with Gasteiger partial charge >= 0.3 is 5.69 Å². The average molecular weight is 426 g/mol. The summed E-state index contributed by atoms with van der Waals surface area (Å²) in [4.78, 5) is 41.7. The van der Waals surface area contributed by atoms with E-state index in [2.05, 4.69) is 55.3 Å². The molecule has 0 spiro atoms. The standard InChI is InChI=1S/C23H31N5O3/c1-6-7-8-16-9-11-17(12-10-16)19(15(2)3)25-18(29)13-28-14-24-21-20(28)22(30)27(5)23(31)26(21)4/h9-12,14-15,19H,6-8,13H2,1-5H3,(H,25,29). The molecule has 0 aliphatic carbocycles. The van der Waals surface area contributed by atoms with Gasteiger partial charge in [0.1, 0.15) is 6.54 Å². The number of imidazole rings is 1. The van der Waals surface area contributed by atoms with Crippen LogP contribution in [-0.4, -0.2) is 24.6 Å². The topological polar surface area (TPSA) is 90.9 Å². The second-order valence-electron chi connectivity index (χ2n) is 8.38. The Morgan fingerprint density at radius 3 is 2.39 bits per heavy atom. The predicted octanol–water partition coefficient (Wildman–Crippen LogP) is 2.29. The van der Waals surface area contributed by atoms with Crippen molar-refractivity contribution in [3.8, 4) is 0 Å². The largest absolute Gasteiger partial charge is 0.347 e. The van der Waals surface area contributed by atoms with Crippen LogP contribution < -0.4 is 16.6 Å². The molecule has 0 fully saturated rings. The maximum absolute atomic E-state index is 12.9. The first kappa shape index (κ1) is 22.5. The highest BCUT2D eigenvalue weighted by Crippen LogP contribution is 2.22. The van der Waals surface area contributed by atoms with Gasteiger partial charge in [0.2, 0.25) is 5.91 Å². The van der Waals surface area contributed by atoms with Crippen LogP contribution in [0.25, 0.3) is 11.2 Å². The van der Waals surface area contributed by atoms with E-state index < -0.39 is 11.2 Å². The molecule has 1 unspecified atom stereocenters. The zero-order valence-electron chi connectivity index (χ0n) is 18.9. The average Bonchev–Trinajstić information content (AvgIpc) is 3.17. The lowest BCUT2D eigenvalue weighted by Crippen LogP contribution is -2.38. The Hall–Kier alpha value is -3.16. The number of aryl methyl sites for hydroxylation is 2. The molecule has 0 saturated carbocycles. The maximum atomic E-state index is 12.9. The summed E-state index contributed by atoms with van der Waals surface area (Å²) < 4.78 is 3.83. The Morgan fingerprint density at radius 2 is 1.77 bits per heavy atom. The number of nitrogens with one attached hydrogen (secondary N) is 1. The molecule has 1 atom stereocenters. The summed E-state index contributed by atoms with van der Waals surface area (Å²) >= 11 is 0. The van der Waals surface area contributed by atoms with Crippen molar-refractivity contribution in [2.45, 2.75) is 52.6 Å². The summed E-state index contributed by atoms with van der Waals surface area (Å²) in [6.07, 6.45) is 4.80. The summed E-state index contributed by atoms with van der Waals surface area (Å²) in [5.74, 6) is -0.0253. The first-order valence-electron chi connectivity index (χ1n) is 10.7. The molecule has 1 aromatic carbocycles. The molecule has 8 nitrogen and oxygen atoms in total. The van der Waals surface area contributed by atoms with Gasteiger partial charge in [-0.1, -0.05) is 51.5 Å². The van der Waals surface area contributed by atoms with Gasteiger partial charge in [0.25, 0.3) is 5.56 Å². The summed E-state index contributed by atoms with van der Waals surface area (Å²) in [5.41, 5.74) is 1.94. The van der Waals surface area contributed by atoms with E-state index in [1.54, 1.807) is 7.05 Å². The van der Waals surface area contributed by atoms with Crippen LogP contribution in [-0.2, 0) is 31.9 Å². The summed E-state index contributed by atoms with van der Waals surface area (Å²) in [7, 11) is 2.97. The summed E-state index contributed by atoms with van der Waals surface area (Å²) in [5, 5.41) is 3.09. The van der Waals surface area contributed by atoms with Crippen molar-refractivity contribution in [3.63, 3.8) is 0 Å². The van der Waals surface area contributed by atoms with Crippen molar-refractivity contribution >= 4 is 17.1 Å². The van der Waals surface area contributed by atoms with Crippen molar-refractivity contribution in [2.24, 2.45) is 20.0 Å². The van der Waals surface area contributed by atoms with Crippen molar-refractivity contribution in [2.75, 3.05) is 0 Å². The zero-order valence-corrected chi connectivity index (χ0v) is 18.9. The molecule has 8 heteroatoms. The fourth-order valence-electron chi connectivity index (χ4n) is 3.80. The van der Waals surface area contributed by atoms with Crippen molar-refractivity contribution in [1.82, 2.24) is 24.0 Å². The van der Waals surface area contributed by atoms with Gasteiger partial charge in [0.05, 0.1) is 12.4 Å². The highest BCUT2D eigenvalue weighted by Gasteiger charge is 2.20. The lowest BCUT2D eigenvalue weighted by atomic mass is 9.94. The minimum atomic E-state index is -0.466. The Balaban J connectivity index is 1.81. The van der Waals surface area contributed by atoms with Crippen molar-refractivity contribution < 1.29 is 4.79 Å². The molecular formula is C23H31N5O3. The van der Waals surface area contributed by atoms with E-state index in [9.17, 15) is 14.4 Å². The molecule has 166 valence electrons. The lowest BCUT2D eigenvalue weighted by Gasteiger charge is -2.23. The van der Waals surface area contributed by atoms with E-state index in [1.807, 2.05) is 0 Å². The highest BCUT2D eigenvalue weighted by atomic mass is 16.2. The quantitative estimate of drug-likeness (QED) is 0.599. The number of carbonyl (C=O) groups excluding carboxylic acids is 1. The van der Waals surface area contributed by atoms with Gasteiger partial charge in [-0.25, -0.2) is 9.78 Å². The van der Waals surface area contributed by atoms with Crippen LogP contribution in [0.4, 0.5) is 0 Å². The lowest BCUT2D eigenvalue weighted by molar-refractivity contribution is -0.122. The Bertz CT molecular complexity index is 1180. The monoisotopic (exact) mass is 425 g/mol. The van der Waals surface area contributed by atoms with E-state index in [4.69, 9.17) is 0 Å². The summed E-state index contributed by atoms with van der Waals surface area (Å²) in [6, 6.07) is 8.26. The predicted molar refractivity (Wildman–Crippen MR) is 121 cm³/mol. The molecule has 0 bridgehead atoms. The second kappa shape index (κ2) is 9.32. The third-order valence-corrected chi connectivity index (χ3v) is 5.67. The SMILES string of the molecule is CCCCc1ccc(C(NC(=O)Cn2cnc3c2c(=O)n(C)c(=O)n3C)C(C)C)cc1. The number of nitrogens with zero attached hydrogens (tertiary/aromatic N) is 4. The number of fused-ring (bicyclic) bond motifs is 1. The molecule has 3 rings (SSSR count). The Kier molecular flexibility index (Phi) is 6.77. The maximum Gasteiger partial charge on any atom is 0.332 e. The molecule has 0 saturated heterocycles. The van der Waals surface area contributed by atoms with E-state index in [1.165, 1.54) is 28.1 Å². The van der Waals surface area contributed by atoms with Gasteiger partial charge < -0.3 is 9.88 Å². The van der Waals surface area contributed by atoms with Crippen molar-refractivity contribution in [3.05, 3.63) is 62.6 Å². The number of hydrogen-bond acceptors (Lipinski definition) is 4. The molecule has 2 aromatic heterocycles. The van der Waals surface area contributed by atoms with Crippen LogP contribution >= 0.6 is 0 Å². The molecule has 1 N–H and O–H groups in total. The minimum Gasteiger partial charge on any atom is -0.347 e. The second-order valence-corrected chi connectivity index (χ2v) is 8.38. The van der Waals surface area contributed by atoms with Crippen LogP contribution in [0.2, 0.25) is 0 Å². The normalized spacial score (nSPS) is 12.5. The molecule has 2 heterocycles. The third-order valence-electron chi connectivity index (χ3n) is 5.67. The van der Waals surface area contributed by atoms with E-state index in [0.717, 1.165) is 29.4 Å². The zero-order chi connectivity index (χ0) is 22.7. The van der Waals surface area contributed by atoms with Crippen LogP contribution in [0, 0.1) is 5.92 Å². The first-order valence-corrected chi connectivity index (χ1v) is 10.7. The van der Waals surface area contributed by atoms with Gasteiger partial charge in [0.15, 0.2) is 11.2 Å². The number of benzene rings is 1. The van der Waals surface area contributed by atoms with E-state index >= 15 is 0 Å². The third kappa shape index (κ3) is 4.62. The van der Waals surface area contributed by atoms with Crippen LogP contribution in [0.3, 0.4) is 0 Å². The first-order chi connectivity index (χ1) is 14.7. The van der Waals surface area contributed by atoms with E-state index in [-0.39, 0.29) is 35.6 Å². The van der Waals surface area contributed by atoms with Gasteiger partial charge in [-0.3, -0.25) is 18.7 Å². The van der Waals surface area contributed by atoms with E-state index in [0.29, 0.717) is 0 Å². The number of amides is 1. The van der Waals surface area contributed by atoms with Gasteiger partial charge in [-0.05, 0) is 29.9 Å². The molecular weight excluding hydrogens is 394 g/mol. The molecule has 1 amide bonds. The van der Waals surface area contributed by atoms with Crippen LogP contribution in [0.5, 0.6) is 0 Å². The number of carbonyl (C=O) groups is 1. The summed E-state index contributed by atoms with van der Waals surface area (Å²) in [6.45, 7) is 6.25. The minimum absolute atomic E-state index is 0.0538. The highest BCUT2D eigenvalue weighted by molar-refractivity contribution is 5.79. The van der Waals surface area contributed by atoms with Crippen LogP contribution in [0.1, 0.15) is 50.8 Å². The van der Waals surface area contributed by atoms with Crippen LogP contribution in [0.15, 0.2) is 40.2 Å². The molecule has 0 aliphatic rings. The number of hydrogen-bond donors (Lipinski definition) is 1. The molecule has 3 aromatic rings. The smallest absolute Gasteiger partial charge is 0.332 e. The molecule has 0 aliphatic heterocycles. The van der Waals surface area contributed by atoms with Gasteiger partial charge in [-0.2, -0.15) is 0 Å². The fraction of sp³-hybridized carbons (Fsp3) is 0.478. The fourth-order valence-corrected chi connectivity index (χ4v) is 3.80. The van der Waals surface area contributed by atoms with Gasteiger partial charge in [-0.15, -0.1) is 0 Å². The van der Waals surface area contributed by atoms with Gasteiger partial charge in [0, 0.05) is 14.1 Å². The van der Waals surface area contributed by atoms with Crippen molar-refractivity contribution in [1.29, 1.82) is 0 Å². The number of rotatable bonds is 8.